The molecule has 0 fully saturated rings. The lowest BCUT2D eigenvalue weighted by Crippen LogP contribution is -2.09. The molecular weight excluding hydrogens is 331 g/mol. The third-order valence-electron chi connectivity index (χ3n) is 3.97. The van der Waals surface area contributed by atoms with Crippen molar-refractivity contribution in [2.45, 2.75) is 32.1 Å². The summed E-state index contributed by atoms with van der Waals surface area (Å²) < 4.78 is 39.9. The summed E-state index contributed by atoms with van der Waals surface area (Å²) in [7, 11) is 0. The first-order valence-corrected chi connectivity index (χ1v) is 8.15. The molecule has 132 valence electrons. The van der Waals surface area contributed by atoms with Crippen LogP contribution in [0.25, 0.3) is 0 Å². The van der Waals surface area contributed by atoms with Gasteiger partial charge in [-0.1, -0.05) is 11.6 Å². The van der Waals surface area contributed by atoms with Crippen LogP contribution in [0, 0.1) is 17.5 Å². The molecule has 1 aliphatic carbocycles. The van der Waals surface area contributed by atoms with E-state index in [0.29, 0.717) is 6.54 Å². The molecule has 2 aromatic rings. The zero-order chi connectivity index (χ0) is 17.6. The van der Waals surface area contributed by atoms with Gasteiger partial charge in [-0.25, -0.2) is 13.2 Å². The number of hydrogen-bond acceptors (Lipinski definition) is 5. The van der Waals surface area contributed by atoms with E-state index in [2.05, 4.69) is 31.9 Å². The Morgan fingerprint density at radius 1 is 1.08 bits per heavy atom. The molecule has 3 rings (SSSR count). The maximum Gasteiger partial charge on any atom is 0.244 e. The monoisotopic (exact) mass is 349 g/mol. The summed E-state index contributed by atoms with van der Waals surface area (Å²) in [5.74, 6) is -3.63. The summed E-state index contributed by atoms with van der Waals surface area (Å²) in [6.45, 7) is 0.663. The number of benzene rings is 1. The fourth-order valence-electron chi connectivity index (χ4n) is 2.67. The van der Waals surface area contributed by atoms with Gasteiger partial charge in [-0.3, -0.25) is 0 Å². The molecule has 0 spiro atoms. The minimum Gasteiger partial charge on any atom is -0.353 e. The molecule has 0 bridgehead atoms. The quantitative estimate of drug-likeness (QED) is 0.600. The van der Waals surface area contributed by atoms with Crippen molar-refractivity contribution in [3.05, 3.63) is 47.4 Å². The van der Waals surface area contributed by atoms with Crippen LogP contribution in [0.5, 0.6) is 0 Å². The topological polar surface area (TPSA) is 62.7 Å². The second-order valence-electron chi connectivity index (χ2n) is 5.80. The van der Waals surface area contributed by atoms with Crippen LogP contribution < -0.4 is 10.6 Å². The zero-order valence-electron chi connectivity index (χ0n) is 13.5. The summed E-state index contributed by atoms with van der Waals surface area (Å²) in [5.41, 5.74) is 1.20. The molecule has 25 heavy (non-hydrogen) atoms. The Morgan fingerprint density at radius 2 is 1.96 bits per heavy atom. The molecular formula is C17H18F3N5. The first-order chi connectivity index (χ1) is 12.1. The van der Waals surface area contributed by atoms with E-state index in [1.807, 2.05) is 0 Å². The average Bonchev–Trinajstić information content (AvgIpc) is 2.64. The van der Waals surface area contributed by atoms with Gasteiger partial charge in [0.1, 0.15) is 0 Å². The second-order valence-corrected chi connectivity index (χ2v) is 5.80. The van der Waals surface area contributed by atoms with Gasteiger partial charge in [0.05, 0.1) is 11.9 Å². The molecule has 1 aromatic carbocycles. The molecule has 0 radical (unpaired) electrons. The Kier molecular flexibility index (Phi) is 5.47. The molecule has 0 saturated carbocycles. The molecule has 1 heterocycles. The van der Waals surface area contributed by atoms with Crippen LogP contribution in [-0.4, -0.2) is 21.7 Å². The highest BCUT2D eigenvalue weighted by Gasteiger charge is 2.14. The highest BCUT2D eigenvalue weighted by atomic mass is 19.2. The average molecular weight is 349 g/mol. The van der Waals surface area contributed by atoms with Gasteiger partial charge in [0.15, 0.2) is 23.3 Å². The van der Waals surface area contributed by atoms with Crippen molar-refractivity contribution < 1.29 is 13.2 Å². The fraction of sp³-hybridized carbons (Fsp3) is 0.353. The Bertz CT molecular complexity index is 779. The first-order valence-electron chi connectivity index (χ1n) is 8.15. The van der Waals surface area contributed by atoms with Crippen LogP contribution in [0.15, 0.2) is 30.0 Å². The summed E-state index contributed by atoms with van der Waals surface area (Å²) in [5, 5.41) is 13.3. The zero-order valence-corrected chi connectivity index (χ0v) is 13.5. The van der Waals surface area contributed by atoms with E-state index in [-0.39, 0.29) is 17.5 Å². The molecule has 0 atom stereocenters. The molecule has 0 amide bonds. The van der Waals surface area contributed by atoms with Crippen LogP contribution in [0.4, 0.5) is 30.6 Å². The predicted molar refractivity (Wildman–Crippen MR) is 89.1 cm³/mol. The Balaban J connectivity index is 1.61. The Morgan fingerprint density at radius 3 is 2.76 bits per heavy atom. The van der Waals surface area contributed by atoms with Crippen LogP contribution in [0.2, 0.25) is 0 Å². The van der Waals surface area contributed by atoms with Gasteiger partial charge in [0.25, 0.3) is 0 Å². The van der Waals surface area contributed by atoms with Crippen LogP contribution in [-0.2, 0) is 0 Å². The smallest absolute Gasteiger partial charge is 0.244 e. The molecule has 1 aliphatic rings. The maximum atomic E-state index is 13.7. The fourth-order valence-corrected chi connectivity index (χ4v) is 2.67. The molecule has 1 aromatic heterocycles. The van der Waals surface area contributed by atoms with Crippen molar-refractivity contribution in [3.63, 3.8) is 0 Å². The third kappa shape index (κ3) is 4.46. The summed E-state index contributed by atoms with van der Waals surface area (Å²) in [4.78, 5) is 4.15. The van der Waals surface area contributed by atoms with Gasteiger partial charge in [0, 0.05) is 6.54 Å². The Labute approximate surface area is 143 Å². The van der Waals surface area contributed by atoms with E-state index in [1.165, 1.54) is 24.6 Å². The van der Waals surface area contributed by atoms with Crippen molar-refractivity contribution in [1.29, 1.82) is 0 Å². The predicted octanol–water partition coefficient (Wildman–Crippen LogP) is 4.33. The van der Waals surface area contributed by atoms with E-state index in [0.717, 1.165) is 31.4 Å². The van der Waals surface area contributed by atoms with E-state index < -0.39 is 17.5 Å². The number of halogens is 3. The highest BCUT2D eigenvalue weighted by molar-refractivity contribution is 5.57. The minimum atomic E-state index is -1.54. The van der Waals surface area contributed by atoms with Crippen molar-refractivity contribution >= 4 is 17.5 Å². The van der Waals surface area contributed by atoms with Crippen molar-refractivity contribution in [3.8, 4) is 0 Å². The van der Waals surface area contributed by atoms with Crippen molar-refractivity contribution in [1.82, 2.24) is 15.2 Å². The number of nitrogens with one attached hydrogen (secondary N) is 2. The largest absolute Gasteiger partial charge is 0.353 e. The van der Waals surface area contributed by atoms with Crippen LogP contribution in [0.1, 0.15) is 32.1 Å². The summed E-state index contributed by atoms with van der Waals surface area (Å²) in [6, 6.07) is 1.94. The van der Waals surface area contributed by atoms with Crippen molar-refractivity contribution in [2.24, 2.45) is 0 Å². The van der Waals surface area contributed by atoms with E-state index in [9.17, 15) is 13.2 Å². The first kappa shape index (κ1) is 17.2. The Hall–Kier alpha value is -2.64. The van der Waals surface area contributed by atoms with Gasteiger partial charge in [0.2, 0.25) is 5.95 Å². The third-order valence-corrected chi connectivity index (χ3v) is 3.97. The van der Waals surface area contributed by atoms with Gasteiger partial charge < -0.3 is 10.6 Å². The second kappa shape index (κ2) is 7.96. The number of allylic oxidation sites excluding steroid dienone is 1. The number of aromatic nitrogens is 3. The SMILES string of the molecule is Fc1ccc(Nc2cnnc(NCCC3=CCCCC3)n2)c(F)c1F. The summed E-state index contributed by atoms with van der Waals surface area (Å²) in [6.07, 6.45) is 9.17. The lowest BCUT2D eigenvalue weighted by atomic mass is 9.97. The maximum absolute atomic E-state index is 13.7. The highest BCUT2D eigenvalue weighted by Crippen LogP contribution is 2.23. The molecule has 5 nitrogen and oxygen atoms in total. The number of anilines is 3. The van der Waals surface area contributed by atoms with Crippen LogP contribution in [0.3, 0.4) is 0 Å². The van der Waals surface area contributed by atoms with E-state index in [4.69, 9.17) is 0 Å². The molecule has 0 unspecified atom stereocenters. The molecule has 0 aliphatic heterocycles. The molecule has 8 heteroatoms. The van der Waals surface area contributed by atoms with Crippen molar-refractivity contribution in [2.75, 3.05) is 17.2 Å². The van der Waals surface area contributed by atoms with Crippen LogP contribution >= 0.6 is 0 Å². The normalized spacial score (nSPS) is 14.1. The van der Waals surface area contributed by atoms with Gasteiger partial charge in [-0.15, -0.1) is 5.10 Å². The lowest BCUT2D eigenvalue weighted by Gasteiger charge is -2.13. The van der Waals surface area contributed by atoms with E-state index in [1.54, 1.807) is 0 Å². The summed E-state index contributed by atoms with van der Waals surface area (Å²) >= 11 is 0. The van der Waals surface area contributed by atoms with Gasteiger partial charge in [-0.2, -0.15) is 10.1 Å². The minimum absolute atomic E-state index is 0.180. The number of nitrogens with zero attached hydrogens (tertiary/aromatic N) is 3. The standard InChI is InChI=1S/C17H18F3N5/c18-12-6-7-13(16(20)15(12)19)23-14-10-22-25-17(24-14)21-9-8-11-4-2-1-3-5-11/h4,6-7,10H,1-3,5,8-9H2,(H2,21,23,24,25). The molecule has 0 saturated heterocycles. The molecule has 2 N–H and O–H groups in total. The lowest BCUT2D eigenvalue weighted by molar-refractivity contribution is 0.449. The van der Waals surface area contributed by atoms with E-state index >= 15 is 0 Å². The number of rotatable bonds is 6. The number of hydrogen-bond donors (Lipinski definition) is 2. The van der Waals surface area contributed by atoms with Gasteiger partial charge in [-0.05, 0) is 44.2 Å². The van der Waals surface area contributed by atoms with Gasteiger partial charge >= 0.3 is 0 Å².